The number of rotatable bonds is 17. The zero-order valence-corrected chi connectivity index (χ0v) is 43.4. The maximum Gasteiger partial charge on any atom is 0.421 e. The fourth-order valence-electron chi connectivity index (χ4n) is 8.70. The normalized spacial score (nSPS) is 20.0. The number of hydrogen-bond acceptors (Lipinski definition) is 15. The summed E-state index contributed by atoms with van der Waals surface area (Å²) in [6, 6.07) is 11.5. The van der Waals surface area contributed by atoms with Crippen LogP contribution in [0.2, 0.25) is 0 Å². The van der Waals surface area contributed by atoms with E-state index in [9.17, 15) is 9.59 Å². The summed E-state index contributed by atoms with van der Waals surface area (Å²) in [6.07, 6.45) is 16.8. The Hall–Kier alpha value is -6.31. The van der Waals surface area contributed by atoms with Crippen LogP contribution >= 0.6 is 0 Å². The van der Waals surface area contributed by atoms with Gasteiger partial charge in [0.2, 0.25) is 0 Å². The van der Waals surface area contributed by atoms with E-state index in [0.29, 0.717) is 72.8 Å². The van der Waals surface area contributed by atoms with Crippen molar-refractivity contribution in [3.8, 4) is 22.8 Å². The zero-order chi connectivity index (χ0) is 52.7. The number of ether oxygens (including phenoxy) is 4. The molecule has 1 amide bonds. The molecule has 394 valence electrons. The number of amides is 1. The van der Waals surface area contributed by atoms with Gasteiger partial charge < -0.3 is 54.8 Å². The summed E-state index contributed by atoms with van der Waals surface area (Å²) in [5.41, 5.74) is 15.4. The van der Waals surface area contributed by atoms with Crippen LogP contribution in [0.1, 0.15) is 109 Å². The fraction of sp³-hybridized carbons (Fsp3) is 0.481. The maximum atomic E-state index is 16.5. The molecule has 17 nitrogen and oxygen atoms in total. The molecule has 8 N–H and O–H groups in total. The third-order valence-electron chi connectivity index (χ3n) is 12.3. The molecule has 0 saturated carbocycles. The van der Waals surface area contributed by atoms with Crippen molar-refractivity contribution in [2.45, 2.75) is 111 Å². The molecule has 2 fully saturated rings. The number of aldehydes is 1. The van der Waals surface area contributed by atoms with E-state index >= 15 is 4.39 Å². The quantitative estimate of drug-likeness (QED) is 0.0324. The largest absolute Gasteiger partial charge is 0.491 e. The Labute approximate surface area is 425 Å². The van der Waals surface area contributed by atoms with Crippen LogP contribution in [0.3, 0.4) is 0 Å². The highest BCUT2D eigenvalue weighted by atomic mass is 19.1. The molecule has 2 saturated heterocycles. The van der Waals surface area contributed by atoms with E-state index in [4.69, 9.17) is 35.4 Å². The van der Waals surface area contributed by atoms with Gasteiger partial charge in [0.05, 0.1) is 60.8 Å². The lowest BCUT2D eigenvalue weighted by Crippen LogP contribution is -2.48. The van der Waals surface area contributed by atoms with Crippen molar-refractivity contribution in [1.29, 1.82) is 0 Å². The first kappa shape index (κ1) is 58.3. The summed E-state index contributed by atoms with van der Waals surface area (Å²) >= 11 is 0. The number of nitrogens with two attached hydrogens (primary N) is 2. The van der Waals surface area contributed by atoms with Crippen molar-refractivity contribution in [3.05, 3.63) is 119 Å². The number of nitrogens with zero attached hydrogens (tertiary/aromatic N) is 3. The van der Waals surface area contributed by atoms with Gasteiger partial charge in [0.15, 0.2) is 6.23 Å². The number of halogens is 1. The molecule has 0 radical (unpaired) electrons. The molecule has 5 atom stereocenters. The highest BCUT2D eigenvalue weighted by Gasteiger charge is 2.44. The van der Waals surface area contributed by atoms with Crippen LogP contribution in [-0.4, -0.2) is 104 Å². The average molecular weight is 1000 g/mol. The van der Waals surface area contributed by atoms with Crippen LogP contribution in [0.4, 0.5) is 9.18 Å². The van der Waals surface area contributed by atoms with Gasteiger partial charge in [-0.25, -0.2) is 25.1 Å². The molecule has 0 spiro atoms. The number of methoxy groups -OCH3 is 2. The number of hydrogen-bond donors (Lipinski definition) is 6. The van der Waals surface area contributed by atoms with Crippen molar-refractivity contribution in [2.75, 3.05) is 47.1 Å². The molecule has 72 heavy (non-hydrogen) atoms. The smallest absolute Gasteiger partial charge is 0.421 e. The van der Waals surface area contributed by atoms with Crippen LogP contribution in [-0.2, 0) is 23.9 Å². The Morgan fingerprint density at radius 1 is 1.08 bits per heavy atom. The van der Waals surface area contributed by atoms with Crippen LogP contribution in [0, 0.1) is 17.7 Å². The number of H-pyrrole nitrogens is 1. The van der Waals surface area contributed by atoms with Gasteiger partial charge in [0.25, 0.3) is 0 Å². The standard InChI is InChI=1S/C40H47FN8O5.C6H13NO.C5H10O.C2H6.CH2O/c1-51-14-15-53-29-8-3-6-25(17-29)39-49-34-11-10-24(31(42)22-43-21-28-7-5-13-48(28)47-40(50)52-2)16-27(34)19-35(49)37-30(41)18-26(20-36(37)54-39)33-23-45-38(46-33)32-9-4-12-44-32;1-4-6(8-7)5(2)3;1-5(2)3-4-6;2*1-2/h3,6,8,10,16-20,22-23,28,32,34,39,43-44H,4-5,7,9,11-15,21,42H2,1-2H3,(H,45,46)(H,47,50);4-6H,1,7H2,2-3H3;4-5H,3H2,1-2H3;1-2H3;1H2/b31-22-;;;;. The number of imidazole rings is 1. The topological polar surface area (TPSA) is 221 Å². The number of allylic oxidation sites excluding steroid dienone is 1. The van der Waals surface area contributed by atoms with Crippen molar-refractivity contribution < 1.29 is 42.6 Å². The molecule has 5 unspecified atom stereocenters. The number of carbonyl (C=O) groups is 3. The summed E-state index contributed by atoms with van der Waals surface area (Å²) in [4.78, 5) is 44.1. The highest BCUT2D eigenvalue weighted by Crippen LogP contribution is 2.52. The van der Waals surface area contributed by atoms with E-state index in [2.05, 4.69) is 60.6 Å². The minimum Gasteiger partial charge on any atom is -0.491 e. The molecular weight excluding hydrogens is 922 g/mol. The van der Waals surface area contributed by atoms with E-state index in [1.165, 1.54) is 7.11 Å². The third kappa shape index (κ3) is 15.6. The third-order valence-corrected chi connectivity index (χ3v) is 12.3. The number of aromatic nitrogens is 2. The van der Waals surface area contributed by atoms with Crippen LogP contribution in [0.15, 0.2) is 96.5 Å². The number of nitrogens with one attached hydrogen (secondary N) is 4. The van der Waals surface area contributed by atoms with Gasteiger partial charge in [-0.15, -0.1) is 6.58 Å². The molecule has 3 aromatic rings. The summed E-state index contributed by atoms with van der Waals surface area (Å²) in [7, 11) is 3.00. The van der Waals surface area contributed by atoms with E-state index in [-0.39, 0.29) is 30.0 Å². The molecule has 5 heterocycles. The first-order valence-electron chi connectivity index (χ1n) is 24.8. The van der Waals surface area contributed by atoms with Crippen molar-refractivity contribution in [2.24, 2.45) is 23.5 Å². The molecule has 1 aromatic heterocycles. The van der Waals surface area contributed by atoms with Crippen molar-refractivity contribution in [1.82, 2.24) is 35.9 Å². The number of hydrazine groups is 1. The molecule has 5 aliphatic rings. The van der Waals surface area contributed by atoms with Gasteiger partial charge in [-0.05, 0) is 98.0 Å². The number of benzene rings is 2. The van der Waals surface area contributed by atoms with Crippen molar-refractivity contribution in [3.63, 3.8) is 0 Å². The SMILES string of the molecule is C=CC(ON)C(C)C.C=O.CC.CC(C)CC=O.COCCOc1cccc(C2Oc3cc(-c4cnc(C5CCCN5)[nH]4)cc(F)c3C3=CC4=CC(/C(N)=C/NCC5CCCN5NC(=O)OC)=CCC4N32)c1. The van der Waals surface area contributed by atoms with Gasteiger partial charge >= 0.3 is 6.09 Å². The minimum absolute atomic E-state index is 0.00463. The van der Waals surface area contributed by atoms with E-state index in [0.717, 1.165) is 79.0 Å². The van der Waals surface area contributed by atoms with Crippen LogP contribution in [0.5, 0.6) is 11.5 Å². The van der Waals surface area contributed by atoms with Gasteiger partial charge in [0, 0.05) is 50.0 Å². The second kappa shape index (κ2) is 29.9. The molecular formula is C54H78FN9O8. The number of carbonyl (C=O) groups excluding carboxylic acids is 3. The second-order valence-corrected chi connectivity index (χ2v) is 18.0. The van der Waals surface area contributed by atoms with E-state index < -0.39 is 12.3 Å². The fourth-order valence-corrected chi connectivity index (χ4v) is 8.70. The average Bonchev–Trinajstić information content (AvgIpc) is 4.24. The van der Waals surface area contributed by atoms with E-state index in [1.54, 1.807) is 25.4 Å². The Balaban J connectivity index is 0.000000540. The molecule has 8 rings (SSSR count). The lowest BCUT2D eigenvalue weighted by atomic mass is 9.94. The Morgan fingerprint density at radius 2 is 1.86 bits per heavy atom. The van der Waals surface area contributed by atoms with Gasteiger partial charge in [-0.2, -0.15) is 0 Å². The Bertz CT molecular complexity index is 2330. The predicted octanol–water partition coefficient (Wildman–Crippen LogP) is 8.32. The van der Waals surface area contributed by atoms with Gasteiger partial charge in [-0.1, -0.05) is 65.8 Å². The number of aromatic amines is 1. The van der Waals surface area contributed by atoms with Crippen LogP contribution < -0.4 is 37.2 Å². The lowest BCUT2D eigenvalue weighted by Gasteiger charge is -2.42. The Kier molecular flexibility index (Phi) is 24.2. The van der Waals surface area contributed by atoms with Crippen molar-refractivity contribution >= 4 is 24.9 Å². The minimum atomic E-state index is -0.558. The molecule has 4 aliphatic heterocycles. The predicted molar refractivity (Wildman–Crippen MR) is 279 cm³/mol. The summed E-state index contributed by atoms with van der Waals surface area (Å²) in [5, 5.41) is 8.71. The summed E-state index contributed by atoms with van der Waals surface area (Å²) in [5.74, 6) is 7.49. The summed E-state index contributed by atoms with van der Waals surface area (Å²) in [6.45, 7) is 20.8. The first-order chi connectivity index (χ1) is 34.9. The second-order valence-electron chi connectivity index (χ2n) is 18.0. The summed E-state index contributed by atoms with van der Waals surface area (Å²) < 4.78 is 39.2. The van der Waals surface area contributed by atoms with Gasteiger partial charge in [0.1, 0.15) is 42.8 Å². The van der Waals surface area contributed by atoms with Gasteiger partial charge in [-0.3, -0.25) is 10.3 Å². The molecule has 18 heteroatoms. The lowest BCUT2D eigenvalue weighted by molar-refractivity contribution is -0.108. The highest BCUT2D eigenvalue weighted by molar-refractivity contribution is 5.80. The number of fused-ring (bicyclic) bond motifs is 5. The monoisotopic (exact) mass is 1000 g/mol. The molecule has 2 aromatic carbocycles. The molecule has 0 bridgehead atoms. The Morgan fingerprint density at radius 3 is 2.49 bits per heavy atom. The maximum absolute atomic E-state index is 16.5. The molecule has 1 aliphatic carbocycles. The first-order valence-corrected chi connectivity index (χ1v) is 24.8. The zero-order valence-electron chi connectivity index (χ0n) is 43.4. The van der Waals surface area contributed by atoms with E-state index in [1.807, 2.05) is 89.9 Å². The van der Waals surface area contributed by atoms with Crippen LogP contribution in [0.25, 0.3) is 17.0 Å².